The summed E-state index contributed by atoms with van der Waals surface area (Å²) in [5.41, 5.74) is 10.1. The third-order valence-electron chi connectivity index (χ3n) is 4.13. The molecule has 1 heterocycles. The summed E-state index contributed by atoms with van der Waals surface area (Å²) in [6, 6.07) is 16.6. The number of hydrogen-bond donors (Lipinski definition) is 2. The van der Waals surface area contributed by atoms with Gasteiger partial charge >= 0.3 is 0 Å². The van der Waals surface area contributed by atoms with E-state index in [4.69, 9.17) is 10.5 Å². The first-order valence-corrected chi connectivity index (χ1v) is 8.19. The molecule has 2 unspecified atom stereocenters. The smallest absolute Gasteiger partial charge is 0.0726 e. The first kappa shape index (κ1) is 15.7. The summed E-state index contributed by atoms with van der Waals surface area (Å²) < 4.78 is 5.79. The fourth-order valence-corrected chi connectivity index (χ4v) is 3.02. The van der Waals surface area contributed by atoms with Crippen LogP contribution in [0.4, 0.5) is 17.1 Å². The van der Waals surface area contributed by atoms with E-state index in [1.165, 1.54) is 11.3 Å². The number of rotatable bonds is 4. The monoisotopic (exact) mass is 311 g/mol. The van der Waals surface area contributed by atoms with Crippen LogP contribution in [0.25, 0.3) is 0 Å². The maximum atomic E-state index is 5.79. The lowest BCUT2D eigenvalue weighted by Gasteiger charge is -2.36. The van der Waals surface area contributed by atoms with Gasteiger partial charge in [0.1, 0.15) is 0 Å². The van der Waals surface area contributed by atoms with E-state index in [0.29, 0.717) is 0 Å². The van der Waals surface area contributed by atoms with E-state index in [1.807, 2.05) is 24.3 Å². The highest BCUT2D eigenvalue weighted by atomic mass is 16.5. The summed E-state index contributed by atoms with van der Waals surface area (Å²) in [7, 11) is 0. The summed E-state index contributed by atoms with van der Waals surface area (Å²) in [6.45, 7) is 6.95. The number of ether oxygens (including phenoxy) is 1. The van der Waals surface area contributed by atoms with Gasteiger partial charge in [0.05, 0.1) is 12.2 Å². The van der Waals surface area contributed by atoms with E-state index in [9.17, 15) is 0 Å². The highest BCUT2D eigenvalue weighted by Gasteiger charge is 2.22. The van der Waals surface area contributed by atoms with Gasteiger partial charge < -0.3 is 20.7 Å². The van der Waals surface area contributed by atoms with Gasteiger partial charge in [0, 0.05) is 36.7 Å². The molecule has 1 aliphatic heterocycles. The Labute approximate surface area is 138 Å². The number of anilines is 3. The van der Waals surface area contributed by atoms with Gasteiger partial charge in [0.25, 0.3) is 0 Å². The average Bonchev–Trinajstić information content (AvgIpc) is 2.54. The van der Waals surface area contributed by atoms with Crippen LogP contribution in [0.5, 0.6) is 0 Å². The number of nitrogens with zero attached hydrogens (tertiary/aromatic N) is 1. The highest BCUT2D eigenvalue weighted by Crippen LogP contribution is 2.22. The second kappa shape index (κ2) is 6.92. The van der Waals surface area contributed by atoms with Gasteiger partial charge in [-0.25, -0.2) is 0 Å². The number of nitrogens with one attached hydrogen (secondary N) is 1. The zero-order valence-electron chi connectivity index (χ0n) is 13.8. The molecule has 2 atom stereocenters. The maximum absolute atomic E-state index is 5.79. The van der Waals surface area contributed by atoms with Gasteiger partial charge in [0.15, 0.2) is 0 Å². The van der Waals surface area contributed by atoms with Crippen molar-refractivity contribution >= 4 is 17.1 Å². The Bertz CT molecular complexity index is 614. The van der Waals surface area contributed by atoms with Crippen molar-refractivity contribution in [3.05, 3.63) is 54.1 Å². The van der Waals surface area contributed by atoms with E-state index < -0.39 is 0 Å². The molecule has 4 nitrogen and oxygen atoms in total. The minimum atomic E-state index is 0.280. The highest BCUT2D eigenvalue weighted by molar-refractivity contribution is 5.55. The van der Waals surface area contributed by atoms with Crippen LogP contribution in [0.1, 0.15) is 19.4 Å². The summed E-state index contributed by atoms with van der Waals surface area (Å²) in [5.74, 6) is 0. The first-order chi connectivity index (χ1) is 11.1. The Balaban J connectivity index is 1.59. The molecule has 4 heteroatoms. The predicted octanol–water partition coefficient (Wildman–Crippen LogP) is 3.49. The van der Waals surface area contributed by atoms with Crippen molar-refractivity contribution in [3.63, 3.8) is 0 Å². The van der Waals surface area contributed by atoms with Crippen LogP contribution in [-0.4, -0.2) is 25.3 Å². The lowest BCUT2D eigenvalue weighted by atomic mass is 10.1. The third kappa shape index (κ3) is 4.17. The molecule has 0 spiro atoms. The molecule has 1 saturated heterocycles. The van der Waals surface area contributed by atoms with E-state index in [2.05, 4.69) is 48.3 Å². The number of nitrogens with two attached hydrogens (primary N) is 1. The van der Waals surface area contributed by atoms with Gasteiger partial charge in [-0.05, 0) is 55.8 Å². The van der Waals surface area contributed by atoms with Crippen LogP contribution in [-0.2, 0) is 11.3 Å². The molecule has 0 aromatic heterocycles. The van der Waals surface area contributed by atoms with Crippen LogP contribution in [0.2, 0.25) is 0 Å². The molecule has 0 amide bonds. The Morgan fingerprint density at radius 1 is 1.00 bits per heavy atom. The second-order valence-electron chi connectivity index (χ2n) is 6.30. The van der Waals surface area contributed by atoms with E-state index in [0.717, 1.165) is 31.0 Å². The fourth-order valence-electron chi connectivity index (χ4n) is 3.02. The maximum Gasteiger partial charge on any atom is 0.0726 e. The largest absolute Gasteiger partial charge is 0.399 e. The van der Waals surface area contributed by atoms with Crippen LogP contribution in [0.15, 0.2) is 48.5 Å². The zero-order chi connectivity index (χ0) is 16.2. The molecular weight excluding hydrogens is 286 g/mol. The normalized spacial score (nSPS) is 21.2. The quantitative estimate of drug-likeness (QED) is 0.849. The number of benzene rings is 2. The molecule has 3 rings (SSSR count). The summed E-state index contributed by atoms with van der Waals surface area (Å²) in [4.78, 5) is 2.39. The van der Waals surface area contributed by atoms with Crippen molar-refractivity contribution in [2.75, 3.05) is 29.0 Å². The molecule has 0 aliphatic carbocycles. The second-order valence-corrected chi connectivity index (χ2v) is 6.30. The van der Waals surface area contributed by atoms with Crippen molar-refractivity contribution in [1.29, 1.82) is 0 Å². The molecule has 1 aliphatic rings. The van der Waals surface area contributed by atoms with Crippen LogP contribution >= 0.6 is 0 Å². The molecule has 2 aromatic rings. The van der Waals surface area contributed by atoms with E-state index in [-0.39, 0.29) is 12.2 Å². The predicted molar refractivity (Wildman–Crippen MR) is 96.8 cm³/mol. The van der Waals surface area contributed by atoms with Gasteiger partial charge in [-0.2, -0.15) is 0 Å². The SMILES string of the molecule is CC1CN(c2ccc(NCc3ccc(N)cc3)cc2)CC(C)O1. The molecule has 1 fully saturated rings. The Hall–Kier alpha value is -2.20. The van der Waals surface area contributed by atoms with Crippen molar-refractivity contribution in [3.8, 4) is 0 Å². The summed E-state index contributed by atoms with van der Waals surface area (Å²) >= 11 is 0. The summed E-state index contributed by atoms with van der Waals surface area (Å²) in [5, 5.41) is 3.44. The van der Waals surface area contributed by atoms with Gasteiger partial charge in [-0.3, -0.25) is 0 Å². The van der Waals surface area contributed by atoms with Gasteiger partial charge in [-0.15, -0.1) is 0 Å². The minimum Gasteiger partial charge on any atom is -0.399 e. The molecule has 23 heavy (non-hydrogen) atoms. The number of morpholine rings is 1. The lowest BCUT2D eigenvalue weighted by molar-refractivity contribution is -0.00521. The molecular formula is C19H25N3O. The summed E-state index contributed by atoms with van der Waals surface area (Å²) in [6.07, 6.45) is 0.559. The van der Waals surface area contributed by atoms with Crippen molar-refractivity contribution in [1.82, 2.24) is 0 Å². The van der Waals surface area contributed by atoms with Crippen LogP contribution < -0.4 is 16.0 Å². The Kier molecular flexibility index (Phi) is 4.72. The van der Waals surface area contributed by atoms with Crippen LogP contribution in [0, 0.1) is 0 Å². The zero-order valence-corrected chi connectivity index (χ0v) is 13.8. The average molecular weight is 311 g/mol. The molecule has 0 bridgehead atoms. The van der Waals surface area contributed by atoms with Crippen molar-refractivity contribution < 1.29 is 4.74 Å². The minimum absolute atomic E-state index is 0.280. The van der Waals surface area contributed by atoms with Crippen molar-refractivity contribution in [2.24, 2.45) is 0 Å². The van der Waals surface area contributed by atoms with Crippen molar-refractivity contribution in [2.45, 2.75) is 32.6 Å². The first-order valence-electron chi connectivity index (χ1n) is 8.19. The molecule has 2 aromatic carbocycles. The molecule has 0 radical (unpaired) electrons. The van der Waals surface area contributed by atoms with E-state index in [1.54, 1.807) is 0 Å². The molecule has 122 valence electrons. The van der Waals surface area contributed by atoms with Gasteiger partial charge in [-0.1, -0.05) is 12.1 Å². The number of nitrogen functional groups attached to an aromatic ring is 1. The Morgan fingerprint density at radius 2 is 1.61 bits per heavy atom. The standard InChI is InChI=1S/C19H25N3O/c1-14-12-22(13-15(2)23-14)19-9-7-18(8-10-19)21-11-16-3-5-17(20)6-4-16/h3-10,14-15,21H,11-13,20H2,1-2H3. The third-order valence-corrected chi connectivity index (χ3v) is 4.13. The van der Waals surface area contributed by atoms with E-state index >= 15 is 0 Å². The number of hydrogen-bond acceptors (Lipinski definition) is 4. The Morgan fingerprint density at radius 3 is 2.22 bits per heavy atom. The van der Waals surface area contributed by atoms with Crippen LogP contribution in [0.3, 0.4) is 0 Å². The van der Waals surface area contributed by atoms with Gasteiger partial charge in [0.2, 0.25) is 0 Å². The topological polar surface area (TPSA) is 50.5 Å². The fraction of sp³-hybridized carbons (Fsp3) is 0.368. The molecule has 3 N–H and O–H groups in total. The lowest BCUT2D eigenvalue weighted by Crippen LogP contribution is -2.45. The molecule has 0 saturated carbocycles.